The minimum Gasteiger partial charge on any atom is -0.378 e. The molecular formula is C33H34N6O. The van der Waals surface area contributed by atoms with Crippen LogP contribution in [0, 0.1) is 20.8 Å². The van der Waals surface area contributed by atoms with Crippen LogP contribution in [0.1, 0.15) is 39.7 Å². The van der Waals surface area contributed by atoms with Gasteiger partial charge in [0.05, 0.1) is 29.7 Å². The Balaban J connectivity index is 1.53. The Hall–Kier alpha value is -4.78. The molecule has 0 aliphatic carbocycles. The standard InChI is InChI=1S/C33H34N6O/c1-22-13-14-23(2)29(20-22)34-33(40)38-21-28-24(3)35-39(27-10-7-6-8-11-27)32(28)37-19-9-12-30(37)31(38)25-15-17-26(18-16-25)36(4)5/h6-20,31H,21H2,1-5H3,(H,34,40)/t31-/m1/s1. The Morgan fingerprint density at radius 2 is 1.68 bits per heavy atom. The Bertz CT molecular complexity index is 1680. The van der Waals surface area contributed by atoms with Gasteiger partial charge in [-0.1, -0.05) is 42.5 Å². The van der Waals surface area contributed by atoms with E-state index in [4.69, 9.17) is 5.10 Å². The Morgan fingerprint density at radius 3 is 2.40 bits per heavy atom. The van der Waals surface area contributed by atoms with Gasteiger partial charge in [0.1, 0.15) is 5.82 Å². The van der Waals surface area contributed by atoms with Crippen molar-refractivity contribution in [2.24, 2.45) is 0 Å². The molecule has 0 saturated carbocycles. The van der Waals surface area contributed by atoms with Crippen molar-refractivity contribution in [3.8, 4) is 11.5 Å². The summed E-state index contributed by atoms with van der Waals surface area (Å²) in [6.07, 6.45) is 2.07. The Labute approximate surface area is 235 Å². The van der Waals surface area contributed by atoms with E-state index in [0.717, 1.165) is 56.5 Å². The quantitative estimate of drug-likeness (QED) is 0.278. The number of rotatable bonds is 4. The summed E-state index contributed by atoms with van der Waals surface area (Å²) in [6, 6.07) is 28.5. The zero-order chi connectivity index (χ0) is 28.0. The zero-order valence-electron chi connectivity index (χ0n) is 23.6. The van der Waals surface area contributed by atoms with Crippen molar-refractivity contribution in [2.75, 3.05) is 24.3 Å². The predicted molar refractivity (Wildman–Crippen MR) is 161 cm³/mol. The van der Waals surface area contributed by atoms with Gasteiger partial charge in [-0.15, -0.1) is 0 Å². The van der Waals surface area contributed by atoms with Crippen LogP contribution in [0.2, 0.25) is 0 Å². The third-order valence-electron chi connectivity index (χ3n) is 7.71. The molecule has 1 N–H and O–H groups in total. The number of hydrogen-bond donors (Lipinski definition) is 1. The third-order valence-corrected chi connectivity index (χ3v) is 7.71. The number of nitrogens with zero attached hydrogens (tertiary/aromatic N) is 5. The van der Waals surface area contributed by atoms with Gasteiger partial charge in [0.25, 0.3) is 0 Å². The van der Waals surface area contributed by atoms with Crippen molar-refractivity contribution < 1.29 is 4.79 Å². The summed E-state index contributed by atoms with van der Waals surface area (Å²) in [5.41, 5.74) is 9.00. The molecule has 202 valence electrons. The maximum absolute atomic E-state index is 14.2. The number of aryl methyl sites for hydroxylation is 3. The molecular weight excluding hydrogens is 496 g/mol. The van der Waals surface area contributed by atoms with E-state index in [0.29, 0.717) is 6.54 Å². The zero-order valence-corrected chi connectivity index (χ0v) is 23.6. The molecule has 7 heteroatoms. The number of para-hydroxylation sites is 1. The highest BCUT2D eigenvalue weighted by Gasteiger charge is 2.36. The molecule has 7 nitrogen and oxygen atoms in total. The lowest BCUT2D eigenvalue weighted by molar-refractivity contribution is 0.194. The van der Waals surface area contributed by atoms with Crippen molar-refractivity contribution in [3.05, 3.63) is 125 Å². The fourth-order valence-corrected chi connectivity index (χ4v) is 5.51. The van der Waals surface area contributed by atoms with Crippen LogP contribution in [-0.4, -0.2) is 39.4 Å². The van der Waals surface area contributed by atoms with E-state index in [1.807, 2.05) is 80.8 Å². The fourth-order valence-electron chi connectivity index (χ4n) is 5.51. The minimum atomic E-state index is -0.313. The molecule has 0 spiro atoms. The Kier molecular flexibility index (Phi) is 6.42. The average molecular weight is 531 g/mol. The monoisotopic (exact) mass is 530 g/mol. The first-order chi connectivity index (χ1) is 19.3. The predicted octanol–water partition coefficient (Wildman–Crippen LogP) is 6.79. The third kappa shape index (κ3) is 4.43. The summed E-state index contributed by atoms with van der Waals surface area (Å²) in [6.45, 7) is 6.49. The molecule has 6 rings (SSSR count). The van der Waals surface area contributed by atoms with E-state index in [-0.39, 0.29) is 12.1 Å². The number of hydrogen-bond acceptors (Lipinski definition) is 3. The van der Waals surface area contributed by atoms with Crippen molar-refractivity contribution in [3.63, 3.8) is 0 Å². The van der Waals surface area contributed by atoms with E-state index in [2.05, 4.69) is 69.5 Å². The second-order valence-corrected chi connectivity index (χ2v) is 10.7. The molecule has 0 fully saturated rings. The van der Waals surface area contributed by atoms with E-state index in [1.54, 1.807) is 0 Å². The van der Waals surface area contributed by atoms with E-state index in [1.165, 1.54) is 0 Å². The number of aromatic nitrogens is 3. The molecule has 0 saturated heterocycles. The summed E-state index contributed by atoms with van der Waals surface area (Å²) in [5, 5.41) is 8.18. The molecule has 40 heavy (non-hydrogen) atoms. The van der Waals surface area contributed by atoms with Crippen LogP contribution in [0.5, 0.6) is 0 Å². The lowest BCUT2D eigenvalue weighted by atomic mass is 10.0. The summed E-state index contributed by atoms with van der Waals surface area (Å²) in [7, 11) is 4.06. The highest BCUT2D eigenvalue weighted by molar-refractivity contribution is 5.91. The lowest BCUT2D eigenvalue weighted by Gasteiger charge is -2.31. The minimum absolute atomic E-state index is 0.150. The molecule has 1 aliphatic heterocycles. The molecule has 2 amide bonds. The molecule has 2 aromatic heterocycles. The second kappa shape index (κ2) is 10.1. The Morgan fingerprint density at radius 1 is 0.925 bits per heavy atom. The van der Waals surface area contributed by atoms with Crippen LogP contribution in [-0.2, 0) is 6.54 Å². The van der Waals surface area contributed by atoms with Gasteiger partial charge < -0.3 is 19.7 Å². The number of amides is 2. The van der Waals surface area contributed by atoms with Crippen molar-refractivity contribution >= 4 is 17.4 Å². The van der Waals surface area contributed by atoms with E-state index >= 15 is 0 Å². The normalized spacial score (nSPS) is 14.3. The molecule has 0 radical (unpaired) electrons. The SMILES string of the molecule is Cc1ccc(C)c(NC(=O)N2Cc3c(C)nn(-c4ccccc4)c3-n3cccc3[C@H]2c2ccc(N(C)C)cc2)c1. The van der Waals surface area contributed by atoms with Gasteiger partial charge >= 0.3 is 6.03 Å². The molecule has 0 unspecified atom stereocenters. The van der Waals surface area contributed by atoms with Gasteiger partial charge in [0.15, 0.2) is 0 Å². The first-order valence-corrected chi connectivity index (χ1v) is 13.6. The fraction of sp³-hybridized carbons (Fsp3) is 0.212. The molecule has 0 bridgehead atoms. The van der Waals surface area contributed by atoms with Crippen LogP contribution in [0.4, 0.5) is 16.2 Å². The number of anilines is 2. The van der Waals surface area contributed by atoms with Gasteiger partial charge in [-0.25, -0.2) is 9.48 Å². The topological polar surface area (TPSA) is 58.3 Å². The maximum Gasteiger partial charge on any atom is 0.322 e. The van der Waals surface area contributed by atoms with Gasteiger partial charge in [0, 0.05) is 37.2 Å². The molecule has 5 aromatic rings. The van der Waals surface area contributed by atoms with Crippen molar-refractivity contribution in [1.29, 1.82) is 0 Å². The van der Waals surface area contributed by atoms with Crippen LogP contribution in [0.3, 0.4) is 0 Å². The molecule has 3 aromatic carbocycles. The van der Waals surface area contributed by atoms with Crippen LogP contribution in [0.15, 0.2) is 91.1 Å². The smallest absolute Gasteiger partial charge is 0.322 e. The van der Waals surface area contributed by atoms with Crippen molar-refractivity contribution in [1.82, 2.24) is 19.2 Å². The highest BCUT2D eigenvalue weighted by atomic mass is 16.2. The van der Waals surface area contributed by atoms with Crippen LogP contribution in [0.25, 0.3) is 11.5 Å². The number of carbonyl (C=O) groups excluding carboxylic acids is 1. The van der Waals surface area contributed by atoms with Crippen LogP contribution < -0.4 is 10.2 Å². The number of urea groups is 1. The van der Waals surface area contributed by atoms with E-state index < -0.39 is 0 Å². The van der Waals surface area contributed by atoms with Crippen LogP contribution >= 0.6 is 0 Å². The van der Waals surface area contributed by atoms with Gasteiger partial charge in [-0.3, -0.25) is 0 Å². The molecule has 1 aliphatic rings. The number of benzene rings is 3. The highest BCUT2D eigenvalue weighted by Crippen LogP contribution is 2.39. The molecule has 3 heterocycles. The largest absolute Gasteiger partial charge is 0.378 e. The average Bonchev–Trinajstić information content (AvgIpc) is 3.51. The maximum atomic E-state index is 14.2. The van der Waals surface area contributed by atoms with Gasteiger partial charge in [0.2, 0.25) is 0 Å². The van der Waals surface area contributed by atoms with Gasteiger partial charge in [-0.2, -0.15) is 5.10 Å². The molecule has 1 atom stereocenters. The first-order valence-electron chi connectivity index (χ1n) is 13.6. The first kappa shape index (κ1) is 25.5. The van der Waals surface area contributed by atoms with E-state index in [9.17, 15) is 4.79 Å². The number of carbonyl (C=O) groups is 1. The summed E-state index contributed by atoms with van der Waals surface area (Å²) in [4.78, 5) is 18.3. The summed E-state index contributed by atoms with van der Waals surface area (Å²) < 4.78 is 4.19. The summed E-state index contributed by atoms with van der Waals surface area (Å²) >= 11 is 0. The number of fused-ring (bicyclic) bond motifs is 3. The lowest BCUT2D eigenvalue weighted by Crippen LogP contribution is -2.38. The summed E-state index contributed by atoms with van der Waals surface area (Å²) in [5.74, 6) is 0.959. The second-order valence-electron chi connectivity index (χ2n) is 10.7. The van der Waals surface area contributed by atoms with Gasteiger partial charge in [-0.05, 0) is 79.9 Å². The number of nitrogens with one attached hydrogen (secondary N) is 1. The van der Waals surface area contributed by atoms with Crippen molar-refractivity contribution in [2.45, 2.75) is 33.4 Å².